The highest BCUT2D eigenvalue weighted by Crippen LogP contribution is 2.36. The Bertz CT molecular complexity index is 1340. The van der Waals surface area contributed by atoms with Crippen molar-refractivity contribution < 1.29 is 14.5 Å². The van der Waals surface area contributed by atoms with Crippen LogP contribution in [-0.4, -0.2) is 25.5 Å². The van der Waals surface area contributed by atoms with E-state index in [4.69, 9.17) is 0 Å². The number of carbonyl (C=O) groups is 2. The van der Waals surface area contributed by atoms with Gasteiger partial charge in [-0.2, -0.15) is 0 Å². The maximum atomic E-state index is 13.0. The molecule has 33 heavy (non-hydrogen) atoms. The predicted molar refractivity (Wildman–Crippen MR) is 129 cm³/mol. The van der Waals surface area contributed by atoms with Crippen LogP contribution in [0.25, 0.3) is 11.8 Å². The summed E-state index contributed by atoms with van der Waals surface area (Å²) in [5.41, 5.74) is 6.49. The van der Waals surface area contributed by atoms with Crippen LogP contribution in [0.4, 0.5) is 10.5 Å². The number of benzene rings is 2. The Kier molecular flexibility index (Phi) is 5.95. The van der Waals surface area contributed by atoms with Crippen molar-refractivity contribution >= 4 is 34.7 Å². The Labute approximate surface area is 195 Å². The molecule has 1 aliphatic heterocycles. The summed E-state index contributed by atoms with van der Waals surface area (Å²) in [6.07, 6.45) is 1.73. The average Bonchev–Trinajstić information content (AvgIpc) is 3.20. The summed E-state index contributed by atoms with van der Waals surface area (Å²) < 4.78 is 2.14. The number of nitrogens with zero attached hydrogens (tertiary/aromatic N) is 3. The summed E-state index contributed by atoms with van der Waals surface area (Å²) in [4.78, 5) is 37.8. The van der Waals surface area contributed by atoms with Gasteiger partial charge >= 0.3 is 0 Å². The first-order valence-corrected chi connectivity index (χ1v) is 11.2. The molecule has 0 bridgehead atoms. The second-order valence-corrected chi connectivity index (χ2v) is 9.03. The zero-order valence-corrected chi connectivity index (χ0v) is 19.6. The number of hydrogen-bond acceptors (Lipinski definition) is 5. The van der Waals surface area contributed by atoms with Gasteiger partial charge < -0.3 is 4.57 Å². The first kappa shape index (κ1) is 22.5. The molecule has 1 aliphatic rings. The number of imide groups is 1. The summed E-state index contributed by atoms with van der Waals surface area (Å²) in [6, 6.07) is 14.3. The van der Waals surface area contributed by atoms with Gasteiger partial charge in [0, 0.05) is 28.7 Å². The summed E-state index contributed by atoms with van der Waals surface area (Å²) in [5.74, 6) is -0.445. The van der Waals surface area contributed by atoms with Crippen LogP contribution in [-0.2, 0) is 11.3 Å². The van der Waals surface area contributed by atoms with Crippen LogP contribution in [0, 0.1) is 37.8 Å². The fourth-order valence-corrected chi connectivity index (χ4v) is 4.88. The SMILES string of the molecule is Cc1cccc(-n2c(C)cc(/C=C3\SC(=O)N(Cc4ccccc4[N+](=O)[O-])C3=O)c2C)c1C. The van der Waals surface area contributed by atoms with E-state index in [-0.39, 0.29) is 12.2 Å². The third kappa shape index (κ3) is 4.09. The molecule has 7 nitrogen and oxygen atoms in total. The number of para-hydroxylation sites is 1. The Balaban J connectivity index is 1.66. The molecular formula is C25H23N3O4S. The number of amides is 2. The van der Waals surface area contributed by atoms with Gasteiger partial charge in [0.15, 0.2) is 0 Å². The number of thioether (sulfide) groups is 1. The third-order valence-electron chi connectivity index (χ3n) is 5.96. The first-order chi connectivity index (χ1) is 15.7. The largest absolute Gasteiger partial charge is 0.318 e. The number of rotatable bonds is 5. The van der Waals surface area contributed by atoms with Crippen LogP contribution >= 0.6 is 11.8 Å². The maximum Gasteiger partial charge on any atom is 0.293 e. The molecule has 8 heteroatoms. The predicted octanol–water partition coefficient (Wildman–Crippen LogP) is 5.86. The van der Waals surface area contributed by atoms with Gasteiger partial charge in [-0.25, -0.2) is 0 Å². The number of nitro groups is 1. The van der Waals surface area contributed by atoms with Crippen LogP contribution < -0.4 is 0 Å². The molecule has 2 aromatic carbocycles. The zero-order chi connectivity index (χ0) is 23.9. The van der Waals surface area contributed by atoms with Gasteiger partial charge in [-0.15, -0.1) is 0 Å². The minimum Gasteiger partial charge on any atom is -0.318 e. The Hall–Kier alpha value is -3.65. The molecule has 0 aliphatic carbocycles. The van der Waals surface area contributed by atoms with Crippen molar-refractivity contribution in [2.24, 2.45) is 0 Å². The molecule has 2 heterocycles. The number of nitro benzene ring substituents is 1. The van der Waals surface area contributed by atoms with Crippen LogP contribution in [0.3, 0.4) is 0 Å². The van der Waals surface area contributed by atoms with Crippen molar-refractivity contribution in [1.29, 1.82) is 0 Å². The number of carbonyl (C=O) groups excluding carboxylic acids is 2. The monoisotopic (exact) mass is 461 g/mol. The third-order valence-corrected chi connectivity index (χ3v) is 6.87. The molecule has 3 aromatic rings. The Morgan fingerprint density at radius 3 is 2.48 bits per heavy atom. The van der Waals surface area contributed by atoms with Crippen LogP contribution in [0.2, 0.25) is 0 Å². The molecule has 2 amide bonds. The smallest absolute Gasteiger partial charge is 0.293 e. The van der Waals surface area contributed by atoms with Crippen molar-refractivity contribution in [3.05, 3.63) is 97.2 Å². The van der Waals surface area contributed by atoms with E-state index in [1.54, 1.807) is 24.3 Å². The van der Waals surface area contributed by atoms with Crippen LogP contribution in [0.1, 0.15) is 33.6 Å². The highest BCUT2D eigenvalue weighted by atomic mass is 32.2. The second kappa shape index (κ2) is 8.71. The van der Waals surface area contributed by atoms with E-state index in [2.05, 4.69) is 30.5 Å². The fraction of sp³-hybridized carbons (Fsp3) is 0.200. The van der Waals surface area contributed by atoms with Gasteiger partial charge in [-0.3, -0.25) is 24.6 Å². The molecule has 168 valence electrons. The van der Waals surface area contributed by atoms with E-state index < -0.39 is 16.1 Å². The van der Waals surface area contributed by atoms with Gasteiger partial charge in [0.25, 0.3) is 16.8 Å². The minimum absolute atomic E-state index is 0.113. The fourth-order valence-electron chi connectivity index (χ4n) is 4.05. The van der Waals surface area contributed by atoms with E-state index in [0.29, 0.717) is 10.5 Å². The van der Waals surface area contributed by atoms with Crippen molar-refractivity contribution in [2.45, 2.75) is 34.2 Å². The topological polar surface area (TPSA) is 85.4 Å². The molecule has 0 N–H and O–H groups in total. The molecular weight excluding hydrogens is 438 g/mol. The van der Waals surface area contributed by atoms with E-state index in [0.717, 1.165) is 39.3 Å². The second-order valence-electron chi connectivity index (χ2n) is 8.03. The molecule has 0 atom stereocenters. The van der Waals surface area contributed by atoms with Crippen molar-refractivity contribution in [3.8, 4) is 5.69 Å². The molecule has 1 aromatic heterocycles. The molecule has 1 saturated heterocycles. The quantitative estimate of drug-likeness (QED) is 0.270. The normalized spacial score (nSPS) is 15.0. The highest BCUT2D eigenvalue weighted by molar-refractivity contribution is 8.18. The van der Waals surface area contributed by atoms with E-state index in [9.17, 15) is 19.7 Å². The Morgan fingerprint density at radius 1 is 1.03 bits per heavy atom. The van der Waals surface area contributed by atoms with Crippen molar-refractivity contribution in [3.63, 3.8) is 0 Å². The van der Waals surface area contributed by atoms with E-state index >= 15 is 0 Å². The molecule has 0 saturated carbocycles. The van der Waals surface area contributed by atoms with Gasteiger partial charge in [0.05, 0.1) is 16.4 Å². The van der Waals surface area contributed by atoms with Crippen molar-refractivity contribution in [2.75, 3.05) is 0 Å². The highest BCUT2D eigenvalue weighted by Gasteiger charge is 2.36. The zero-order valence-electron chi connectivity index (χ0n) is 18.8. The number of aryl methyl sites for hydroxylation is 2. The van der Waals surface area contributed by atoms with Gasteiger partial charge in [-0.05, 0) is 74.4 Å². The molecule has 0 unspecified atom stereocenters. The van der Waals surface area contributed by atoms with Gasteiger partial charge in [0.2, 0.25) is 0 Å². The molecule has 1 fully saturated rings. The van der Waals surface area contributed by atoms with Crippen LogP contribution in [0.15, 0.2) is 53.4 Å². The number of hydrogen-bond donors (Lipinski definition) is 0. The van der Waals surface area contributed by atoms with E-state index in [1.807, 2.05) is 26.0 Å². The average molecular weight is 462 g/mol. The maximum absolute atomic E-state index is 13.0. The standard InChI is InChI=1S/C25H23N3O4S/c1-15-8-7-11-21(17(15)3)27-16(2)12-20(18(27)4)13-23-24(29)26(25(30)33-23)14-19-9-5-6-10-22(19)28(31)32/h5-13H,14H2,1-4H3/b23-13-. The van der Waals surface area contributed by atoms with Gasteiger partial charge in [-0.1, -0.05) is 30.3 Å². The van der Waals surface area contributed by atoms with E-state index in [1.165, 1.54) is 17.2 Å². The summed E-state index contributed by atoms with van der Waals surface area (Å²) in [5, 5.41) is 10.9. The molecule has 0 spiro atoms. The lowest BCUT2D eigenvalue weighted by atomic mass is 10.1. The van der Waals surface area contributed by atoms with Crippen molar-refractivity contribution in [1.82, 2.24) is 9.47 Å². The minimum atomic E-state index is -0.508. The Morgan fingerprint density at radius 2 is 1.76 bits per heavy atom. The lowest BCUT2D eigenvalue weighted by molar-refractivity contribution is -0.385. The number of aromatic nitrogens is 1. The molecule has 0 radical (unpaired) electrons. The summed E-state index contributed by atoms with van der Waals surface area (Å²) in [6.45, 7) is 8.00. The van der Waals surface area contributed by atoms with Crippen LogP contribution in [0.5, 0.6) is 0 Å². The summed E-state index contributed by atoms with van der Waals surface area (Å²) in [7, 11) is 0. The lowest BCUT2D eigenvalue weighted by Gasteiger charge is -2.14. The summed E-state index contributed by atoms with van der Waals surface area (Å²) >= 11 is 0.855. The molecule has 4 rings (SSSR count). The first-order valence-electron chi connectivity index (χ1n) is 10.4. The van der Waals surface area contributed by atoms with Gasteiger partial charge in [0.1, 0.15) is 0 Å². The lowest BCUT2D eigenvalue weighted by Crippen LogP contribution is -2.27.